The number of hydrogen-bond acceptors (Lipinski definition) is 5. The highest BCUT2D eigenvalue weighted by molar-refractivity contribution is 7.91. The molecule has 1 heterocycles. The number of hydrogen-bond donors (Lipinski definition) is 1. The molecular formula is C27H34F2N4O3S. The maximum atomic E-state index is 14.7. The number of nitrogens with two attached hydrogens (primary N) is 1. The highest BCUT2D eigenvalue weighted by Crippen LogP contribution is 2.39. The standard InChI is InChI=1S/C27H34F2N4O3S/c1-27(2,3)25(33(14-8-13-30)24(34)18-37(4,35)36)26-31-23(21-15-20(28)11-12-22(21)29)17-32(26)16-19-9-6-5-7-10-19/h5-7,9-12,15,17,25H,8,13-14,16,18,30H2,1-4H3. The molecule has 2 N–H and O–H groups in total. The Bertz CT molecular complexity index is 1340. The maximum absolute atomic E-state index is 14.7. The molecule has 0 aliphatic rings. The molecule has 0 radical (unpaired) electrons. The monoisotopic (exact) mass is 532 g/mol. The molecule has 3 rings (SSSR count). The lowest BCUT2D eigenvalue weighted by Crippen LogP contribution is -2.45. The summed E-state index contributed by atoms with van der Waals surface area (Å²) in [6.45, 7) is 6.64. The molecule has 1 atom stereocenters. The number of aromatic nitrogens is 2. The van der Waals surface area contributed by atoms with Gasteiger partial charge in [0, 0.05) is 31.1 Å². The van der Waals surface area contributed by atoms with Gasteiger partial charge in [0.25, 0.3) is 0 Å². The highest BCUT2D eigenvalue weighted by Gasteiger charge is 2.39. The molecule has 0 saturated heterocycles. The third kappa shape index (κ3) is 7.45. The molecule has 1 amide bonds. The molecule has 200 valence electrons. The van der Waals surface area contributed by atoms with Crippen molar-refractivity contribution in [1.29, 1.82) is 0 Å². The summed E-state index contributed by atoms with van der Waals surface area (Å²) in [4.78, 5) is 19.6. The van der Waals surface area contributed by atoms with E-state index in [1.807, 2.05) is 55.7 Å². The summed E-state index contributed by atoms with van der Waals surface area (Å²) in [7, 11) is -3.60. The number of amides is 1. The second-order valence-corrected chi connectivity index (χ2v) is 12.4. The largest absolute Gasteiger partial charge is 0.331 e. The average molecular weight is 533 g/mol. The molecule has 7 nitrogen and oxygen atoms in total. The summed E-state index contributed by atoms with van der Waals surface area (Å²) in [5.41, 5.74) is 6.30. The van der Waals surface area contributed by atoms with E-state index in [0.29, 0.717) is 25.3 Å². The van der Waals surface area contributed by atoms with Gasteiger partial charge in [0.15, 0.2) is 9.84 Å². The predicted molar refractivity (Wildman–Crippen MR) is 140 cm³/mol. The van der Waals surface area contributed by atoms with Crippen LogP contribution in [-0.2, 0) is 21.2 Å². The van der Waals surface area contributed by atoms with E-state index in [4.69, 9.17) is 10.7 Å². The number of rotatable bonds is 10. The zero-order chi connectivity index (χ0) is 27.4. The molecule has 0 aliphatic carbocycles. The van der Waals surface area contributed by atoms with Crippen molar-refractivity contribution in [2.24, 2.45) is 11.1 Å². The Kier molecular flexibility index (Phi) is 8.86. The van der Waals surface area contributed by atoms with Crippen molar-refractivity contribution in [3.05, 3.63) is 77.8 Å². The minimum absolute atomic E-state index is 0.00306. The Morgan fingerprint density at radius 1 is 1.14 bits per heavy atom. The summed E-state index contributed by atoms with van der Waals surface area (Å²) in [6, 6.07) is 12.0. The summed E-state index contributed by atoms with van der Waals surface area (Å²) in [5.74, 6) is -2.01. The lowest BCUT2D eigenvalue weighted by atomic mass is 9.84. The van der Waals surface area contributed by atoms with Crippen LogP contribution < -0.4 is 5.73 Å². The molecule has 10 heteroatoms. The Morgan fingerprint density at radius 2 is 1.81 bits per heavy atom. The summed E-state index contributed by atoms with van der Waals surface area (Å²) >= 11 is 0. The van der Waals surface area contributed by atoms with Gasteiger partial charge < -0.3 is 15.2 Å². The molecule has 0 bridgehead atoms. The van der Waals surface area contributed by atoms with Gasteiger partial charge in [-0.15, -0.1) is 0 Å². The number of nitrogens with zero attached hydrogens (tertiary/aromatic N) is 3. The van der Waals surface area contributed by atoms with Crippen LogP contribution in [0.15, 0.2) is 54.7 Å². The second-order valence-electron chi connectivity index (χ2n) is 10.3. The third-order valence-electron chi connectivity index (χ3n) is 5.89. The van der Waals surface area contributed by atoms with E-state index >= 15 is 0 Å². The van der Waals surface area contributed by atoms with E-state index < -0.39 is 44.6 Å². The van der Waals surface area contributed by atoms with Gasteiger partial charge in [-0.1, -0.05) is 51.1 Å². The fraction of sp³-hybridized carbons (Fsp3) is 0.407. The zero-order valence-corrected chi connectivity index (χ0v) is 22.4. The third-order valence-corrected chi connectivity index (χ3v) is 6.66. The summed E-state index contributed by atoms with van der Waals surface area (Å²) in [6.07, 6.45) is 3.10. The molecule has 2 aromatic carbocycles. The molecule has 0 spiro atoms. The van der Waals surface area contributed by atoms with Gasteiger partial charge >= 0.3 is 0 Å². The average Bonchev–Trinajstić information content (AvgIpc) is 3.19. The minimum atomic E-state index is -3.60. The first-order valence-corrected chi connectivity index (χ1v) is 14.1. The van der Waals surface area contributed by atoms with Crippen LogP contribution in [0.4, 0.5) is 8.78 Å². The second kappa shape index (κ2) is 11.5. The van der Waals surface area contributed by atoms with Gasteiger partial charge in [-0.3, -0.25) is 4.79 Å². The first-order chi connectivity index (χ1) is 17.3. The van der Waals surface area contributed by atoms with Crippen LogP contribution in [0.25, 0.3) is 11.3 Å². The maximum Gasteiger partial charge on any atom is 0.238 e. The van der Waals surface area contributed by atoms with Gasteiger partial charge in [0.2, 0.25) is 5.91 Å². The number of carbonyl (C=O) groups is 1. The molecule has 1 aromatic heterocycles. The molecule has 1 unspecified atom stereocenters. The fourth-order valence-electron chi connectivity index (χ4n) is 4.34. The molecule has 0 fully saturated rings. The summed E-state index contributed by atoms with van der Waals surface area (Å²) in [5, 5.41) is 0. The summed E-state index contributed by atoms with van der Waals surface area (Å²) < 4.78 is 54.6. The van der Waals surface area contributed by atoms with E-state index in [0.717, 1.165) is 30.0 Å². The van der Waals surface area contributed by atoms with Gasteiger partial charge in [0.05, 0.1) is 11.7 Å². The van der Waals surface area contributed by atoms with Crippen molar-refractivity contribution in [2.45, 2.75) is 39.8 Å². The highest BCUT2D eigenvalue weighted by atomic mass is 32.2. The lowest BCUT2D eigenvalue weighted by Gasteiger charge is -2.40. The first kappa shape index (κ1) is 28.5. The quantitative estimate of drug-likeness (QED) is 0.422. The van der Waals surface area contributed by atoms with E-state index in [9.17, 15) is 22.0 Å². The van der Waals surface area contributed by atoms with Gasteiger partial charge in [-0.2, -0.15) is 0 Å². The van der Waals surface area contributed by atoms with E-state index in [2.05, 4.69) is 0 Å². The van der Waals surface area contributed by atoms with Crippen LogP contribution >= 0.6 is 0 Å². The SMILES string of the molecule is CC(C)(C)C(c1nc(-c2cc(F)ccc2F)cn1Cc1ccccc1)N(CCCN)C(=O)CS(C)(=O)=O. The number of carbonyl (C=O) groups excluding carboxylic acids is 1. The fourth-order valence-corrected chi connectivity index (χ4v) is 4.95. The van der Waals surface area contributed by atoms with Gasteiger partial charge in [0.1, 0.15) is 23.2 Å². The number of benzene rings is 2. The Hall–Kier alpha value is -3.11. The van der Waals surface area contributed by atoms with Crippen LogP contribution in [0, 0.1) is 17.0 Å². The van der Waals surface area contributed by atoms with Crippen molar-refractivity contribution in [3.63, 3.8) is 0 Å². The normalized spacial score (nSPS) is 12.9. The first-order valence-electron chi connectivity index (χ1n) is 12.0. The number of sulfone groups is 1. The topological polar surface area (TPSA) is 98.3 Å². The van der Waals surface area contributed by atoms with Crippen LogP contribution in [0.1, 0.15) is 44.6 Å². The van der Waals surface area contributed by atoms with Crippen molar-refractivity contribution in [3.8, 4) is 11.3 Å². The van der Waals surface area contributed by atoms with Crippen LogP contribution in [0.5, 0.6) is 0 Å². The Morgan fingerprint density at radius 3 is 2.41 bits per heavy atom. The van der Waals surface area contributed by atoms with Crippen molar-refractivity contribution in [2.75, 3.05) is 25.1 Å². The van der Waals surface area contributed by atoms with Gasteiger partial charge in [-0.25, -0.2) is 22.2 Å². The number of halogens is 2. The molecule has 0 saturated carbocycles. The van der Waals surface area contributed by atoms with Crippen molar-refractivity contribution in [1.82, 2.24) is 14.5 Å². The van der Waals surface area contributed by atoms with E-state index in [-0.39, 0.29) is 17.8 Å². The minimum Gasteiger partial charge on any atom is -0.331 e. The molecule has 0 aliphatic heterocycles. The lowest BCUT2D eigenvalue weighted by molar-refractivity contribution is -0.133. The van der Waals surface area contributed by atoms with Gasteiger partial charge in [-0.05, 0) is 42.1 Å². The van der Waals surface area contributed by atoms with Crippen LogP contribution in [0.3, 0.4) is 0 Å². The molecule has 37 heavy (non-hydrogen) atoms. The molecular weight excluding hydrogens is 498 g/mol. The van der Waals surface area contributed by atoms with Crippen molar-refractivity contribution < 1.29 is 22.0 Å². The van der Waals surface area contributed by atoms with Crippen molar-refractivity contribution >= 4 is 15.7 Å². The predicted octanol–water partition coefficient (Wildman–Crippen LogP) is 4.19. The smallest absolute Gasteiger partial charge is 0.238 e. The van der Waals surface area contributed by atoms with E-state index in [1.54, 1.807) is 6.20 Å². The Balaban J connectivity index is 2.22. The van der Waals surface area contributed by atoms with E-state index in [1.165, 1.54) is 4.90 Å². The Labute approximate surface area is 217 Å². The van der Waals surface area contributed by atoms with Crippen LogP contribution in [0.2, 0.25) is 0 Å². The molecule has 3 aromatic rings. The van der Waals surface area contributed by atoms with Crippen LogP contribution in [-0.4, -0.2) is 53.9 Å². The number of imidazole rings is 1. The zero-order valence-electron chi connectivity index (χ0n) is 21.6.